The largest absolute Gasteiger partial charge is 0.354 e. The zero-order valence-corrected chi connectivity index (χ0v) is 5.53. The molecule has 6 heteroatoms. The van der Waals surface area contributed by atoms with Crippen molar-refractivity contribution in [2.24, 2.45) is 0 Å². The van der Waals surface area contributed by atoms with Crippen molar-refractivity contribution in [2.75, 3.05) is 0 Å². The third-order valence-corrected chi connectivity index (χ3v) is 1.35. The van der Waals surface area contributed by atoms with Crippen LogP contribution in [-0.4, -0.2) is 28.0 Å². The van der Waals surface area contributed by atoms with Gasteiger partial charge in [-0.2, -0.15) is 4.90 Å². The van der Waals surface area contributed by atoms with Crippen molar-refractivity contribution >= 4 is 17.8 Å². The van der Waals surface area contributed by atoms with Crippen molar-refractivity contribution in [1.82, 2.24) is 10.4 Å². The molecule has 1 aliphatic heterocycles. The zero-order chi connectivity index (χ0) is 8.43. The molecule has 0 radical (unpaired) electrons. The number of nitrogens with zero attached hydrogens (tertiary/aromatic N) is 1. The van der Waals surface area contributed by atoms with Gasteiger partial charge >= 0.3 is 6.03 Å². The first kappa shape index (κ1) is 7.67. The summed E-state index contributed by atoms with van der Waals surface area (Å²) in [4.78, 5) is 32.4. The van der Waals surface area contributed by atoms with Crippen LogP contribution in [0.25, 0.3) is 0 Å². The van der Waals surface area contributed by atoms with Gasteiger partial charge in [0.1, 0.15) is 0 Å². The summed E-state index contributed by atoms with van der Waals surface area (Å²) in [5, 5.41) is 8.09. The molecule has 0 aromatic carbocycles. The molecule has 0 aromatic heterocycles. The summed E-state index contributed by atoms with van der Waals surface area (Å²) in [6.07, 6.45) is 0.0680. The van der Waals surface area contributed by atoms with Crippen LogP contribution in [0.5, 0.6) is 0 Å². The van der Waals surface area contributed by atoms with Gasteiger partial charge in [0.15, 0.2) is 0 Å². The molecule has 0 bridgehead atoms. The molecular weight excluding hydrogens is 152 g/mol. The summed E-state index contributed by atoms with van der Waals surface area (Å²) in [6.45, 7) is 0. The number of rotatable bonds is 0. The molecule has 0 aliphatic carbocycles. The number of urea groups is 1. The van der Waals surface area contributed by atoms with Gasteiger partial charge in [-0.3, -0.25) is 14.8 Å². The molecule has 4 amide bonds. The minimum Gasteiger partial charge on any atom is -0.287 e. The Morgan fingerprint density at radius 2 is 1.82 bits per heavy atom. The summed E-state index contributed by atoms with van der Waals surface area (Å²) >= 11 is 0. The Morgan fingerprint density at radius 1 is 1.36 bits per heavy atom. The lowest BCUT2D eigenvalue weighted by Crippen LogP contribution is -2.41. The molecule has 0 aromatic rings. The van der Waals surface area contributed by atoms with E-state index in [-0.39, 0.29) is 12.8 Å². The van der Waals surface area contributed by atoms with E-state index in [0.29, 0.717) is 4.90 Å². The van der Waals surface area contributed by atoms with Crippen LogP contribution < -0.4 is 5.48 Å². The normalized spacial score (nSPS) is 17.4. The van der Waals surface area contributed by atoms with Gasteiger partial charge < -0.3 is 0 Å². The van der Waals surface area contributed by atoms with Gasteiger partial charge in [0.2, 0.25) is 11.8 Å². The summed E-state index contributed by atoms with van der Waals surface area (Å²) < 4.78 is 0. The Labute approximate surface area is 61.7 Å². The van der Waals surface area contributed by atoms with Gasteiger partial charge in [-0.1, -0.05) is 0 Å². The second kappa shape index (κ2) is 2.67. The van der Waals surface area contributed by atoms with Crippen molar-refractivity contribution in [3.8, 4) is 0 Å². The first-order valence-electron chi connectivity index (χ1n) is 2.96. The van der Waals surface area contributed by atoms with Gasteiger partial charge in [-0.15, -0.1) is 0 Å². The summed E-state index contributed by atoms with van der Waals surface area (Å²) in [6, 6.07) is -1.09. The predicted molar refractivity (Wildman–Crippen MR) is 31.4 cm³/mol. The van der Waals surface area contributed by atoms with Crippen molar-refractivity contribution in [2.45, 2.75) is 12.8 Å². The zero-order valence-electron chi connectivity index (χ0n) is 5.53. The number of carbonyl (C=O) groups excluding carboxylic acids is 3. The fourth-order valence-corrected chi connectivity index (χ4v) is 0.853. The smallest absolute Gasteiger partial charge is 0.287 e. The minimum atomic E-state index is -1.09. The Hall–Kier alpha value is -1.43. The number of amides is 4. The maximum absolute atomic E-state index is 10.7. The van der Waals surface area contributed by atoms with Crippen molar-refractivity contribution < 1.29 is 19.6 Å². The van der Waals surface area contributed by atoms with E-state index in [2.05, 4.69) is 0 Å². The molecule has 0 atom stereocenters. The highest BCUT2D eigenvalue weighted by molar-refractivity contribution is 6.14. The topological polar surface area (TPSA) is 86.7 Å². The van der Waals surface area contributed by atoms with Crippen LogP contribution in [0.2, 0.25) is 0 Å². The van der Waals surface area contributed by atoms with Crippen molar-refractivity contribution in [3.05, 3.63) is 0 Å². The molecule has 1 heterocycles. The van der Waals surface area contributed by atoms with Crippen LogP contribution in [0.3, 0.4) is 0 Å². The van der Waals surface area contributed by atoms with E-state index >= 15 is 0 Å². The van der Waals surface area contributed by atoms with E-state index in [1.54, 1.807) is 0 Å². The van der Waals surface area contributed by atoms with E-state index in [4.69, 9.17) is 5.21 Å². The number of carbonyl (C=O) groups is 3. The van der Waals surface area contributed by atoms with Crippen LogP contribution in [0.15, 0.2) is 0 Å². The highest BCUT2D eigenvalue weighted by atomic mass is 16.5. The molecule has 0 spiro atoms. The average Bonchev–Trinajstić information content (AvgIpc) is 2.30. The van der Waals surface area contributed by atoms with Gasteiger partial charge in [-0.05, 0) is 0 Å². The lowest BCUT2D eigenvalue weighted by molar-refractivity contribution is -0.135. The SMILES string of the molecule is O=C1CCC(=O)N1C(=O)NO. The highest BCUT2D eigenvalue weighted by Crippen LogP contribution is 2.10. The predicted octanol–water partition coefficient (Wildman–Crippen LogP) is -0.766. The van der Waals surface area contributed by atoms with Gasteiger partial charge in [-0.25, -0.2) is 10.3 Å². The lowest BCUT2D eigenvalue weighted by atomic mass is 10.4. The maximum atomic E-state index is 10.7. The molecule has 1 aliphatic rings. The van der Waals surface area contributed by atoms with E-state index in [1.165, 1.54) is 5.48 Å². The first-order chi connectivity index (χ1) is 5.16. The minimum absolute atomic E-state index is 0.0340. The van der Waals surface area contributed by atoms with Crippen LogP contribution in [0.4, 0.5) is 4.79 Å². The summed E-state index contributed by atoms with van der Waals surface area (Å²) in [5.74, 6) is -1.16. The number of hydrogen-bond acceptors (Lipinski definition) is 4. The quantitative estimate of drug-likeness (QED) is 0.275. The summed E-state index contributed by atoms with van der Waals surface area (Å²) in [7, 11) is 0. The third-order valence-electron chi connectivity index (χ3n) is 1.35. The molecule has 6 nitrogen and oxygen atoms in total. The lowest BCUT2D eigenvalue weighted by Gasteiger charge is -2.08. The molecule has 0 saturated carbocycles. The molecule has 2 N–H and O–H groups in total. The second-order valence-electron chi connectivity index (χ2n) is 2.04. The fourth-order valence-electron chi connectivity index (χ4n) is 0.853. The van der Waals surface area contributed by atoms with Crippen molar-refractivity contribution in [1.29, 1.82) is 0 Å². The molecule has 60 valence electrons. The second-order valence-corrected chi connectivity index (χ2v) is 2.04. The van der Waals surface area contributed by atoms with E-state index in [1.807, 2.05) is 0 Å². The number of hydroxylamine groups is 1. The summed E-state index contributed by atoms with van der Waals surface area (Å²) in [5.41, 5.74) is 1.21. The van der Waals surface area contributed by atoms with E-state index < -0.39 is 17.8 Å². The Balaban J connectivity index is 2.76. The highest BCUT2D eigenvalue weighted by Gasteiger charge is 2.34. The van der Waals surface area contributed by atoms with Gasteiger partial charge in [0.05, 0.1) is 0 Å². The number of hydrogen-bond donors (Lipinski definition) is 2. The molecule has 1 fully saturated rings. The average molecular weight is 158 g/mol. The Bertz CT molecular complexity index is 209. The molecule has 1 saturated heterocycles. The fraction of sp³-hybridized carbons (Fsp3) is 0.400. The number of likely N-dealkylation sites (tertiary alicyclic amines) is 1. The monoisotopic (exact) mass is 158 g/mol. The van der Waals surface area contributed by atoms with Gasteiger partial charge in [0, 0.05) is 12.8 Å². The molecule has 0 unspecified atom stereocenters. The molecule has 1 rings (SSSR count). The van der Waals surface area contributed by atoms with Crippen LogP contribution >= 0.6 is 0 Å². The van der Waals surface area contributed by atoms with Gasteiger partial charge in [0.25, 0.3) is 0 Å². The van der Waals surface area contributed by atoms with Crippen molar-refractivity contribution in [3.63, 3.8) is 0 Å². The Kier molecular flexibility index (Phi) is 1.86. The van der Waals surface area contributed by atoms with E-state index in [9.17, 15) is 14.4 Å². The molecular formula is C5H6N2O4. The Morgan fingerprint density at radius 3 is 2.18 bits per heavy atom. The molecule has 11 heavy (non-hydrogen) atoms. The first-order valence-corrected chi connectivity index (χ1v) is 2.96. The van der Waals surface area contributed by atoms with Crippen LogP contribution in [-0.2, 0) is 9.59 Å². The van der Waals surface area contributed by atoms with E-state index in [0.717, 1.165) is 0 Å². The van der Waals surface area contributed by atoms with Crippen LogP contribution in [0.1, 0.15) is 12.8 Å². The van der Waals surface area contributed by atoms with Crippen LogP contribution in [0, 0.1) is 0 Å². The number of imide groups is 3. The third kappa shape index (κ3) is 1.20. The maximum Gasteiger partial charge on any atom is 0.354 e. The standard InChI is InChI=1S/C5H6N2O4/c8-3-1-2-4(9)7(3)5(10)6-11/h11H,1-2H2,(H,6,10). The number of nitrogens with one attached hydrogen (secondary N) is 1.